The fourth-order valence-electron chi connectivity index (χ4n) is 2.65. The van der Waals surface area contributed by atoms with E-state index in [1.807, 2.05) is 6.07 Å². The maximum Gasteiger partial charge on any atom is 0.129 e. The van der Waals surface area contributed by atoms with Crippen molar-refractivity contribution in [3.63, 3.8) is 0 Å². The number of nitrogens with two attached hydrogens (primary N) is 1. The Morgan fingerprint density at radius 2 is 2.11 bits per heavy atom. The zero-order valence-corrected chi connectivity index (χ0v) is 11.1. The molecule has 2 rings (SSSR count). The molecule has 0 spiro atoms. The van der Waals surface area contributed by atoms with E-state index in [2.05, 4.69) is 4.90 Å². The zero-order valence-electron chi connectivity index (χ0n) is 11.1. The Hall–Kier alpha value is -1.44. The van der Waals surface area contributed by atoms with E-state index in [-0.39, 0.29) is 5.82 Å². The summed E-state index contributed by atoms with van der Waals surface area (Å²) < 4.78 is 13.8. The molecule has 1 saturated heterocycles. The molecular weight excluding hydrogens is 241 g/mol. The topological polar surface area (TPSA) is 53.0 Å². The van der Waals surface area contributed by atoms with Crippen molar-refractivity contribution in [2.75, 3.05) is 19.6 Å². The number of likely N-dealkylation sites (tertiary alicyclic amines) is 1. The van der Waals surface area contributed by atoms with E-state index in [1.54, 1.807) is 12.1 Å². The molecule has 0 radical (unpaired) electrons. The molecule has 0 aliphatic carbocycles. The maximum absolute atomic E-state index is 13.8. The summed E-state index contributed by atoms with van der Waals surface area (Å²) in [5, 5.41) is 8.72. The third-order valence-corrected chi connectivity index (χ3v) is 3.86. The first-order valence-corrected chi connectivity index (χ1v) is 6.84. The molecule has 1 aromatic rings. The fraction of sp³-hybridized carbons (Fsp3) is 0.533. The van der Waals surface area contributed by atoms with Gasteiger partial charge in [-0.05, 0) is 56.9 Å². The molecule has 19 heavy (non-hydrogen) atoms. The molecule has 1 fully saturated rings. The third-order valence-electron chi connectivity index (χ3n) is 3.86. The summed E-state index contributed by atoms with van der Waals surface area (Å²) in [6.07, 6.45) is 3.39. The minimum atomic E-state index is -0.275. The number of hydrogen-bond acceptors (Lipinski definition) is 3. The second kappa shape index (κ2) is 6.65. The van der Waals surface area contributed by atoms with Gasteiger partial charge in [0.1, 0.15) is 5.82 Å². The van der Waals surface area contributed by atoms with Gasteiger partial charge in [0.15, 0.2) is 0 Å². The van der Waals surface area contributed by atoms with Crippen molar-refractivity contribution in [1.29, 1.82) is 5.26 Å². The van der Waals surface area contributed by atoms with Gasteiger partial charge in [-0.3, -0.25) is 4.90 Å². The van der Waals surface area contributed by atoms with Gasteiger partial charge in [0, 0.05) is 12.1 Å². The predicted octanol–water partition coefficient (Wildman–Crippen LogP) is 2.26. The van der Waals surface area contributed by atoms with Gasteiger partial charge in [-0.2, -0.15) is 5.26 Å². The van der Waals surface area contributed by atoms with E-state index < -0.39 is 0 Å². The Bertz CT molecular complexity index is 459. The van der Waals surface area contributed by atoms with Gasteiger partial charge in [0.2, 0.25) is 0 Å². The highest BCUT2D eigenvalue weighted by Gasteiger charge is 2.19. The zero-order chi connectivity index (χ0) is 13.7. The van der Waals surface area contributed by atoms with Gasteiger partial charge in [-0.15, -0.1) is 0 Å². The van der Waals surface area contributed by atoms with E-state index in [1.165, 1.54) is 6.07 Å². The van der Waals surface area contributed by atoms with Crippen LogP contribution in [0, 0.1) is 23.1 Å². The summed E-state index contributed by atoms with van der Waals surface area (Å²) in [4.78, 5) is 2.28. The lowest BCUT2D eigenvalue weighted by molar-refractivity contribution is 0.172. The number of rotatable bonds is 4. The van der Waals surface area contributed by atoms with Gasteiger partial charge in [0.05, 0.1) is 11.6 Å². The number of piperidine rings is 1. The normalized spacial score (nSPS) is 17.3. The molecule has 4 heteroatoms. The minimum Gasteiger partial charge on any atom is -0.330 e. The highest BCUT2D eigenvalue weighted by atomic mass is 19.1. The average Bonchev–Trinajstić information content (AvgIpc) is 2.43. The smallest absolute Gasteiger partial charge is 0.129 e. The largest absolute Gasteiger partial charge is 0.330 e. The van der Waals surface area contributed by atoms with Crippen LogP contribution in [0.4, 0.5) is 4.39 Å². The molecule has 102 valence electrons. The number of halogens is 1. The third kappa shape index (κ3) is 3.76. The highest BCUT2D eigenvalue weighted by Crippen LogP contribution is 2.22. The number of nitriles is 1. The highest BCUT2D eigenvalue weighted by molar-refractivity contribution is 5.32. The number of hydrogen-bond donors (Lipinski definition) is 1. The lowest BCUT2D eigenvalue weighted by atomic mass is 9.93. The molecule has 1 heterocycles. The molecule has 0 saturated carbocycles. The van der Waals surface area contributed by atoms with Gasteiger partial charge in [0.25, 0.3) is 0 Å². The number of nitrogens with zero attached hydrogens (tertiary/aromatic N) is 2. The second-order valence-electron chi connectivity index (χ2n) is 5.21. The Morgan fingerprint density at radius 1 is 1.37 bits per heavy atom. The van der Waals surface area contributed by atoms with Crippen LogP contribution in [-0.4, -0.2) is 24.5 Å². The van der Waals surface area contributed by atoms with Crippen LogP contribution < -0.4 is 5.73 Å². The van der Waals surface area contributed by atoms with Crippen molar-refractivity contribution < 1.29 is 4.39 Å². The molecule has 1 aromatic carbocycles. The summed E-state index contributed by atoms with van der Waals surface area (Å²) in [6, 6.07) is 6.67. The van der Waals surface area contributed by atoms with Crippen LogP contribution in [0.15, 0.2) is 18.2 Å². The second-order valence-corrected chi connectivity index (χ2v) is 5.21. The first kappa shape index (κ1) is 14.0. The molecular formula is C15H20FN3. The first-order valence-electron chi connectivity index (χ1n) is 6.84. The molecule has 1 aliphatic rings. The molecule has 0 bridgehead atoms. The van der Waals surface area contributed by atoms with Gasteiger partial charge >= 0.3 is 0 Å². The maximum atomic E-state index is 13.8. The van der Waals surface area contributed by atoms with Gasteiger partial charge in [-0.25, -0.2) is 4.39 Å². The summed E-state index contributed by atoms with van der Waals surface area (Å²) >= 11 is 0. The number of benzene rings is 1. The van der Waals surface area contributed by atoms with Crippen LogP contribution in [0.3, 0.4) is 0 Å². The van der Waals surface area contributed by atoms with E-state index in [9.17, 15) is 4.39 Å². The summed E-state index contributed by atoms with van der Waals surface area (Å²) in [6.45, 7) is 3.40. The molecule has 0 atom stereocenters. The molecule has 3 nitrogen and oxygen atoms in total. The molecule has 0 amide bonds. The Morgan fingerprint density at radius 3 is 2.68 bits per heavy atom. The van der Waals surface area contributed by atoms with E-state index in [0.29, 0.717) is 17.7 Å². The lowest BCUT2D eigenvalue weighted by Crippen LogP contribution is -2.34. The van der Waals surface area contributed by atoms with Gasteiger partial charge in [-0.1, -0.05) is 6.07 Å². The SMILES string of the molecule is N#Cc1ccc(CN2CCC(CCN)CC2)c(F)c1. The van der Waals surface area contributed by atoms with Crippen molar-refractivity contribution in [2.24, 2.45) is 11.7 Å². The van der Waals surface area contributed by atoms with Crippen molar-refractivity contribution in [2.45, 2.75) is 25.8 Å². The van der Waals surface area contributed by atoms with Crippen molar-refractivity contribution in [3.8, 4) is 6.07 Å². The predicted molar refractivity (Wildman–Crippen MR) is 72.8 cm³/mol. The summed E-state index contributed by atoms with van der Waals surface area (Å²) in [5.74, 6) is 0.454. The van der Waals surface area contributed by atoms with Crippen molar-refractivity contribution in [1.82, 2.24) is 4.90 Å². The van der Waals surface area contributed by atoms with Crippen LogP contribution in [0.1, 0.15) is 30.4 Å². The molecule has 0 unspecified atom stereocenters. The molecule has 1 aliphatic heterocycles. The lowest BCUT2D eigenvalue weighted by Gasteiger charge is -2.31. The Kier molecular flexibility index (Phi) is 4.89. The minimum absolute atomic E-state index is 0.275. The van der Waals surface area contributed by atoms with Crippen molar-refractivity contribution >= 4 is 0 Å². The van der Waals surface area contributed by atoms with E-state index >= 15 is 0 Å². The van der Waals surface area contributed by atoms with E-state index in [0.717, 1.165) is 44.8 Å². The first-order chi connectivity index (χ1) is 9.22. The van der Waals surface area contributed by atoms with Crippen LogP contribution >= 0.6 is 0 Å². The summed E-state index contributed by atoms with van der Waals surface area (Å²) in [5.41, 5.74) is 6.63. The van der Waals surface area contributed by atoms with Crippen LogP contribution in [0.5, 0.6) is 0 Å². The molecule has 0 aromatic heterocycles. The summed E-state index contributed by atoms with van der Waals surface area (Å²) in [7, 11) is 0. The van der Waals surface area contributed by atoms with Gasteiger partial charge < -0.3 is 5.73 Å². The standard InChI is InChI=1S/C15H20FN3/c16-15-9-13(10-18)1-2-14(15)11-19-7-4-12(3-6-17)5-8-19/h1-2,9,12H,3-8,11,17H2. The van der Waals surface area contributed by atoms with Crippen LogP contribution in [0.25, 0.3) is 0 Å². The van der Waals surface area contributed by atoms with Crippen LogP contribution in [-0.2, 0) is 6.54 Å². The average molecular weight is 261 g/mol. The molecule has 2 N–H and O–H groups in total. The Balaban J connectivity index is 1.91. The Labute approximate surface area is 113 Å². The quantitative estimate of drug-likeness (QED) is 0.904. The van der Waals surface area contributed by atoms with Crippen molar-refractivity contribution in [3.05, 3.63) is 35.1 Å². The monoisotopic (exact) mass is 261 g/mol. The fourth-order valence-corrected chi connectivity index (χ4v) is 2.65. The van der Waals surface area contributed by atoms with E-state index in [4.69, 9.17) is 11.0 Å². The van der Waals surface area contributed by atoms with Crippen LogP contribution in [0.2, 0.25) is 0 Å².